The van der Waals surface area contributed by atoms with Crippen molar-refractivity contribution in [3.8, 4) is 17.3 Å². The monoisotopic (exact) mass is 438 g/mol. The molecule has 0 aliphatic carbocycles. The number of rotatable bonds is 3. The zero-order valence-electron chi connectivity index (χ0n) is 15.6. The summed E-state index contributed by atoms with van der Waals surface area (Å²) in [6.07, 6.45) is 4.61. The van der Waals surface area contributed by atoms with Gasteiger partial charge in [-0.3, -0.25) is 9.48 Å². The summed E-state index contributed by atoms with van der Waals surface area (Å²) in [7, 11) is 0. The van der Waals surface area contributed by atoms with E-state index >= 15 is 0 Å². The van der Waals surface area contributed by atoms with Gasteiger partial charge in [0.05, 0.1) is 12.2 Å². The molecule has 1 atom stereocenters. The van der Waals surface area contributed by atoms with E-state index in [2.05, 4.69) is 10.1 Å². The van der Waals surface area contributed by atoms with Crippen LogP contribution in [0.3, 0.4) is 0 Å². The zero-order valence-corrected chi connectivity index (χ0v) is 17.1. The van der Waals surface area contributed by atoms with E-state index in [0.29, 0.717) is 28.1 Å². The van der Waals surface area contributed by atoms with E-state index in [4.69, 9.17) is 23.2 Å². The lowest BCUT2D eigenvalue weighted by molar-refractivity contribution is 0.331. The molecule has 0 saturated heterocycles. The SMILES string of the molecule is O=c1cnn2c(c1O)-c1nccn1C[C@H]2C(c1cccc(Cl)c1)c1cccc(Cl)c1. The lowest BCUT2D eigenvalue weighted by Crippen LogP contribution is -2.32. The number of benzene rings is 2. The molecule has 3 heterocycles. The molecular weight excluding hydrogens is 423 g/mol. The highest BCUT2D eigenvalue weighted by atomic mass is 35.5. The Morgan fingerprint density at radius 2 is 1.73 bits per heavy atom. The van der Waals surface area contributed by atoms with Crippen molar-refractivity contribution < 1.29 is 5.11 Å². The lowest BCUT2D eigenvalue weighted by atomic mass is 9.84. The summed E-state index contributed by atoms with van der Waals surface area (Å²) in [5.74, 6) is -0.0471. The van der Waals surface area contributed by atoms with Crippen molar-refractivity contribution in [1.29, 1.82) is 0 Å². The molecule has 1 aliphatic heterocycles. The maximum atomic E-state index is 12.1. The maximum Gasteiger partial charge on any atom is 0.242 e. The van der Waals surface area contributed by atoms with Gasteiger partial charge in [0.15, 0.2) is 11.6 Å². The van der Waals surface area contributed by atoms with Crippen LogP contribution in [0, 0.1) is 0 Å². The van der Waals surface area contributed by atoms with Gasteiger partial charge in [-0.05, 0) is 35.4 Å². The van der Waals surface area contributed by atoms with Crippen LogP contribution in [0.1, 0.15) is 23.1 Å². The van der Waals surface area contributed by atoms with Gasteiger partial charge in [0, 0.05) is 34.9 Å². The second kappa shape index (κ2) is 7.31. The Labute approximate surface area is 182 Å². The summed E-state index contributed by atoms with van der Waals surface area (Å²) < 4.78 is 3.61. The van der Waals surface area contributed by atoms with Crippen LogP contribution >= 0.6 is 23.2 Å². The minimum absolute atomic E-state index is 0.189. The number of imidazole rings is 1. The molecule has 0 unspecified atom stereocenters. The normalized spacial score (nSPS) is 15.1. The standard InChI is InChI=1S/C22H16Cl2N4O2/c23-15-5-1-3-13(9-15)19(14-4-2-6-16(24)10-14)17-12-27-8-7-25-22(27)20-21(30)18(29)11-26-28(17)20/h1-11,17,19,30H,12H2/t17-/m0/s1. The van der Waals surface area contributed by atoms with Gasteiger partial charge in [-0.15, -0.1) is 0 Å². The number of aromatic hydroxyl groups is 1. The highest BCUT2D eigenvalue weighted by Crippen LogP contribution is 2.43. The molecular formula is C22H16Cl2N4O2. The molecule has 2 aromatic heterocycles. The van der Waals surface area contributed by atoms with Crippen molar-refractivity contribution in [3.63, 3.8) is 0 Å². The summed E-state index contributed by atoms with van der Waals surface area (Å²) in [6.45, 7) is 0.543. The van der Waals surface area contributed by atoms with Crippen LogP contribution < -0.4 is 5.43 Å². The average molecular weight is 439 g/mol. The van der Waals surface area contributed by atoms with Crippen LogP contribution in [-0.4, -0.2) is 24.4 Å². The Balaban J connectivity index is 1.77. The predicted octanol–water partition coefficient (Wildman–Crippen LogP) is 4.51. The van der Waals surface area contributed by atoms with Crippen LogP contribution in [-0.2, 0) is 6.54 Å². The van der Waals surface area contributed by atoms with E-state index in [0.717, 1.165) is 17.3 Å². The Kier molecular flexibility index (Phi) is 4.60. The fourth-order valence-corrected chi connectivity index (χ4v) is 4.55. The fourth-order valence-electron chi connectivity index (χ4n) is 4.15. The van der Waals surface area contributed by atoms with Crippen LogP contribution in [0.4, 0.5) is 0 Å². The molecule has 5 rings (SSSR count). The molecule has 8 heteroatoms. The first-order chi connectivity index (χ1) is 14.5. The van der Waals surface area contributed by atoms with Gasteiger partial charge in [0.1, 0.15) is 5.69 Å². The minimum atomic E-state index is -0.543. The molecule has 1 N–H and O–H groups in total. The molecule has 0 spiro atoms. The quantitative estimate of drug-likeness (QED) is 0.510. The first-order valence-electron chi connectivity index (χ1n) is 9.36. The third-order valence-corrected chi connectivity index (χ3v) is 5.88. The third kappa shape index (κ3) is 3.09. The molecule has 4 aromatic rings. The highest BCUT2D eigenvalue weighted by Gasteiger charge is 2.35. The van der Waals surface area contributed by atoms with E-state index in [1.807, 2.05) is 59.3 Å². The van der Waals surface area contributed by atoms with Crippen molar-refractivity contribution in [1.82, 2.24) is 19.3 Å². The number of nitrogens with zero attached hydrogens (tertiary/aromatic N) is 4. The molecule has 150 valence electrons. The second-order valence-corrected chi connectivity index (χ2v) is 8.08. The third-order valence-electron chi connectivity index (χ3n) is 5.41. The van der Waals surface area contributed by atoms with Crippen molar-refractivity contribution >= 4 is 23.2 Å². The number of halogens is 2. The summed E-state index contributed by atoms with van der Waals surface area (Å²) in [4.78, 5) is 16.5. The summed E-state index contributed by atoms with van der Waals surface area (Å²) in [6, 6.07) is 15.0. The topological polar surface area (TPSA) is 72.9 Å². The van der Waals surface area contributed by atoms with Crippen LogP contribution in [0.5, 0.6) is 5.75 Å². The van der Waals surface area contributed by atoms with E-state index in [-0.39, 0.29) is 17.7 Å². The van der Waals surface area contributed by atoms with Gasteiger partial charge in [-0.1, -0.05) is 47.5 Å². The Hall–Kier alpha value is -3.09. The van der Waals surface area contributed by atoms with Gasteiger partial charge in [0.2, 0.25) is 5.43 Å². The number of fused-ring (bicyclic) bond motifs is 3. The van der Waals surface area contributed by atoms with E-state index in [9.17, 15) is 9.90 Å². The number of hydrogen-bond donors (Lipinski definition) is 1. The summed E-state index contributed by atoms with van der Waals surface area (Å²) in [5.41, 5.74) is 1.71. The van der Waals surface area contributed by atoms with Crippen molar-refractivity contribution in [2.75, 3.05) is 0 Å². The van der Waals surface area contributed by atoms with Gasteiger partial charge in [0.25, 0.3) is 0 Å². The molecule has 6 nitrogen and oxygen atoms in total. The van der Waals surface area contributed by atoms with Crippen LogP contribution in [0.15, 0.2) is 71.9 Å². The number of hydrogen-bond acceptors (Lipinski definition) is 4. The average Bonchev–Trinajstić information content (AvgIpc) is 3.19. The maximum absolute atomic E-state index is 12.1. The Morgan fingerprint density at radius 1 is 1.07 bits per heavy atom. The predicted molar refractivity (Wildman–Crippen MR) is 115 cm³/mol. The second-order valence-electron chi connectivity index (χ2n) is 7.21. The molecule has 1 aliphatic rings. The number of aromatic nitrogens is 4. The Morgan fingerprint density at radius 3 is 2.37 bits per heavy atom. The summed E-state index contributed by atoms with van der Waals surface area (Å²) in [5, 5.41) is 16.2. The molecule has 30 heavy (non-hydrogen) atoms. The first kappa shape index (κ1) is 18.9. The van der Waals surface area contributed by atoms with Crippen molar-refractivity contribution in [2.45, 2.75) is 18.5 Å². The van der Waals surface area contributed by atoms with Crippen molar-refractivity contribution in [3.05, 3.63) is 98.5 Å². The zero-order chi connectivity index (χ0) is 20.8. The molecule has 0 saturated carbocycles. The van der Waals surface area contributed by atoms with Crippen LogP contribution in [0.25, 0.3) is 11.5 Å². The van der Waals surface area contributed by atoms with Gasteiger partial charge >= 0.3 is 0 Å². The molecule has 0 amide bonds. The largest absolute Gasteiger partial charge is 0.503 e. The molecule has 2 aromatic carbocycles. The summed E-state index contributed by atoms with van der Waals surface area (Å²) >= 11 is 12.6. The fraction of sp³-hybridized carbons (Fsp3) is 0.136. The van der Waals surface area contributed by atoms with Gasteiger partial charge < -0.3 is 9.67 Å². The molecule has 0 radical (unpaired) electrons. The van der Waals surface area contributed by atoms with Gasteiger partial charge in [-0.25, -0.2) is 4.98 Å². The smallest absolute Gasteiger partial charge is 0.242 e. The van der Waals surface area contributed by atoms with E-state index in [1.165, 1.54) is 0 Å². The van der Waals surface area contributed by atoms with Crippen molar-refractivity contribution in [2.24, 2.45) is 0 Å². The molecule has 0 bridgehead atoms. The van der Waals surface area contributed by atoms with Crippen LogP contribution in [0.2, 0.25) is 10.0 Å². The highest BCUT2D eigenvalue weighted by molar-refractivity contribution is 6.31. The Bertz CT molecular complexity index is 1270. The van der Waals surface area contributed by atoms with E-state index < -0.39 is 5.43 Å². The first-order valence-corrected chi connectivity index (χ1v) is 10.1. The van der Waals surface area contributed by atoms with Gasteiger partial charge in [-0.2, -0.15) is 5.10 Å². The lowest BCUT2D eigenvalue weighted by Gasteiger charge is -2.34. The molecule has 0 fully saturated rings. The minimum Gasteiger partial charge on any atom is -0.503 e. The van der Waals surface area contributed by atoms with E-state index in [1.54, 1.807) is 10.9 Å².